The summed E-state index contributed by atoms with van der Waals surface area (Å²) in [6, 6.07) is 8.60. The molecule has 1 aromatic carbocycles. The molecule has 0 radical (unpaired) electrons. The van der Waals surface area contributed by atoms with E-state index in [0.29, 0.717) is 0 Å². The number of rotatable bonds is 2. The van der Waals surface area contributed by atoms with Gasteiger partial charge in [-0.1, -0.05) is 25.1 Å². The minimum absolute atomic E-state index is 0.0404. The molecule has 2 aliphatic heterocycles. The van der Waals surface area contributed by atoms with Gasteiger partial charge in [-0.25, -0.2) is 0 Å². The number of aliphatic hydroxyl groups is 1. The number of fused-ring (bicyclic) bond motifs is 5. The molecule has 2 aliphatic rings. The largest absolute Gasteiger partial charge is 0.459 e. The van der Waals surface area contributed by atoms with Gasteiger partial charge in [0.15, 0.2) is 0 Å². The fourth-order valence-electron chi connectivity index (χ4n) is 4.47. The van der Waals surface area contributed by atoms with Gasteiger partial charge >= 0.3 is 0 Å². The third-order valence-electron chi connectivity index (χ3n) is 5.71. The van der Waals surface area contributed by atoms with Crippen molar-refractivity contribution in [3.63, 3.8) is 0 Å². The van der Waals surface area contributed by atoms with Crippen LogP contribution in [0.25, 0.3) is 11.0 Å². The van der Waals surface area contributed by atoms with Crippen LogP contribution in [-0.4, -0.2) is 29.7 Å². The van der Waals surface area contributed by atoms with E-state index in [2.05, 4.69) is 30.0 Å². The number of furan rings is 1. The lowest BCUT2D eigenvalue weighted by Crippen LogP contribution is -2.50. The van der Waals surface area contributed by atoms with Crippen LogP contribution in [0.3, 0.4) is 0 Å². The summed E-state index contributed by atoms with van der Waals surface area (Å²) < 4.78 is 6.27. The average Bonchev–Trinajstić information content (AvgIpc) is 2.92. The Morgan fingerprint density at radius 3 is 3.00 bits per heavy atom. The molecule has 0 unspecified atom stereocenters. The fraction of sp³-hybridized carbons (Fsp3) is 0.556. The van der Waals surface area contributed by atoms with Gasteiger partial charge in [0.1, 0.15) is 11.3 Å². The summed E-state index contributed by atoms with van der Waals surface area (Å²) in [5, 5.41) is 11.4. The Bertz CT molecular complexity index is 656. The molecule has 2 aromatic rings. The van der Waals surface area contributed by atoms with Crippen LogP contribution in [0.15, 0.2) is 28.7 Å². The highest BCUT2D eigenvalue weighted by Gasteiger charge is 2.48. The van der Waals surface area contributed by atoms with Gasteiger partial charge in [0.25, 0.3) is 0 Å². The van der Waals surface area contributed by atoms with Crippen LogP contribution < -0.4 is 0 Å². The lowest BCUT2D eigenvalue weighted by molar-refractivity contribution is -0.0455. The number of benzene rings is 1. The summed E-state index contributed by atoms with van der Waals surface area (Å²) in [4.78, 5) is 2.54. The first-order valence-electron chi connectivity index (χ1n) is 8.14. The molecular formula is C18H23NO2. The molecule has 0 aliphatic carbocycles. The lowest BCUT2D eigenvalue weighted by atomic mass is 9.69. The van der Waals surface area contributed by atoms with Gasteiger partial charge in [-0.2, -0.15) is 0 Å². The molecular weight excluding hydrogens is 262 g/mol. The molecule has 1 aromatic heterocycles. The first-order chi connectivity index (χ1) is 10.3. The summed E-state index contributed by atoms with van der Waals surface area (Å²) in [6.45, 7) is 4.67. The smallest absolute Gasteiger partial charge is 0.134 e. The number of hydrogen-bond acceptors (Lipinski definition) is 3. The maximum absolute atomic E-state index is 10.1. The zero-order valence-electron chi connectivity index (χ0n) is 12.6. The lowest BCUT2D eigenvalue weighted by Gasteiger charge is -2.50. The van der Waals surface area contributed by atoms with E-state index in [1.165, 1.54) is 17.4 Å². The number of nitrogens with zero attached hydrogens (tertiary/aromatic N) is 1. The van der Waals surface area contributed by atoms with E-state index in [-0.39, 0.29) is 18.1 Å². The van der Waals surface area contributed by atoms with Crippen LogP contribution >= 0.6 is 0 Å². The predicted molar refractivity (Wildman–Crippen MR) is 83.3 cm³/mol. The monoisotopic (exact) mass is 285 g/mol. The second-order valence-corrected chi connectivity index (χ2v) is 6.61. The summed E-state index contributed by atoms with van der Waals surface area (Å²) in [5.74, 6) is 1.12. The maximum atomic E-state index is 10.1. The van der Waals surface area contributed by atoms with Crippen molar-refractivity contribution in [2.75, 3.05) is 19.7 Å². The maximum Gasteiger partial charge on any atom is 0.134 e. The van der Waals surface area contributed by atoms with Crippen LogP contribution in [0, 0.1) is 5.41 Å². The highest BCUT2D eigenvalue weighted by Crippen LogP contribution is 2.52. The molecule has 3 nitrogen and oxygen atoms in total. The average molecular weight is 285 g/mol. The van der Waals surface area contributed by atoms with E-state index in [4.69, 9.17) is 4.42 Å². The summed E-state index contributed by atoms with van der Waals surface area (Å²) in [5.41, 5.74) is 2.33. The Morgan fingerprint density at radius 2 is 2.19 bits per heavy atom. The number of para-hydroxylation sites is 1. The molecule has 21 heavy (non-hydrogen) atoms. The van der Waals surface area contributed by atoms with Crippen molar-refractivity contribution in [3.8, 4) is 0 Å². The second kappa shape index (κ2) is 4.85. The van der Waals surface area contributed by atoms with Crippen molar-refractivity contribution in [2.24, 2.45) is 5.41 Å². The SMILES string of the molecule is CC[C@@]1(CO)CCCN2CCc3c(oc4ccccc34)[C@@H]21. The van der Waals surface area contributed by atoms with Crippen molar-refractivity contribution in [1.82, 2.24) is 4.90 Å². The van der Waals surface area contributed by atoms with Crippen LogP contribution in [0.5, 0.6) is 0 Å². The van der Waals surface area contributed by atoms with E-state index in [1.807, 2.05) is 6.07 Å². The quantitative estimate of drug-likeness (QED) is 0.917. The number of aliphatic hydroxyl groups excluding tert-OH is 1. The Balaban J connectivity index is 1.91. The molecule has 3 heterocycles. The molecule has 2 atom stereocenters. The first-order valence-corrected chi connectivity index (χ1v) is 8.14. The molecule has 112 valence electrons. The number of hydrogen-bond donors (Lipinski definition) is 1. The van der Waals surface area contributed by atoms with E-state index >= 15 is 0 Å². The molecule has 1 fully saturated rings. The summed E-state index contributed by atoms with van der Waals surface area (Å²) in [7, 11) is 0. The van der Waals surface area contributed by atoms with Crippen molar-refractivity contribution in [3.05, 3.63) is 35.6 Å². The highest BCUT2D eigenvalue weighted by molar-refractivity contribution is 5.82. The Kier molecular flexibility index (Phi) is 3.09. The Labute approximate surface area is 125 Å². The molecule has 3 heteroatoms. The second-order valence-electron chi connectivity index (χ2n) is 6.61. The van der Waals surface area contributed by atoms with E-state index in [9.17, 15) is 5.11 Å². The molecule has 0 bridgehead atoms. The summed E-state index contributed by atoms with van der Waals surface area (Å²) in [6.07, 6.45) is 4.34. The van der Waals surface area contributed by atoms with E-state index < -0.39 is 0 Å². The van der Waals surface area contributed by atoms with Crippen LogP contribution in [0.2, 0.25) is 0 Å². The molecule has 4 rings (SSSR count). The molecule has 1 N–H and O–H groups in total. The van der Waals surface area contributed by atoms with Gasteiger partial charge < -0.3 is 9.52 Å². The zero-order valence-corrected chi connectivity index (χ0v) is 12.6. The normalized spacial score (nSPS) is 29.3. The minimum atomic E-state index is -0.0404. The third-order valence-corrected chi connectivity index (χ3v) is 5.71. The van der Waals surface area contributed by atoms with E-state index in [0.717, 1.165) is 43.7 Å². The topological polar surface area (TPSA) is 36.6 Å². The predicted octanol–water partition coefficient (Wildman–Crippen LogP) is 3.51. The van der Waals surface area contributed by atoms with Gasteiger partial charge in [-0.15, -0.1) is 0 Å². The minimum Gasteiger partial charge on any atom is -0.459 e. The number of piperidine rings is 1. The molecule has 0 spiro atoms. The van der Waals surface area contributed by atoms with Crippen molar-refractivity contribution in [2.45, 2.75) is 38.6 Å². The Hall–Kier alpha value is -1.32. The standard InChI is InChI=1S/C18H23NO2/c1-2-18(12-20)9-5-10-19-11-8-14-13-6-3-4-7-15(13)21-16(14)17(18)19/h3-4,6-7,17,20H,2,5,8-12H2,1H3/t17-,18+/m1/s1. The van der Waals surface area contributed by atoms with Crippen molar-refractivity contribution < 1.29 is 9.52 Å². The van der Waals surface area contributed by atoms with Crippen molar-refractivity contribution >= 4 is 11.0 Å². The molecule has 0 amide bonds. The van der Waals surface area contributed by atoms with Gasteiger partial charge in [0.05, 0.1) is 12.6 Å². The van der Waals surface area contributed by atoms with E-state index in [1.54, 1.807) is 0 Å². The van der Waals surface area contributed by atoms with Gasteiger partial charge in [-0.3, -0.25) is 4.90 Å². The van der Waals surface area contributed by atoms with Crippen LogP contribution in [0.4, 0.5) is 0 Å². The molecule has 1 saturated heterocycles. The van der Waals surface area contributed by atoms with Gasteiger partial charge in [0, 0.05) is 22.9 Å². The van der Waals surface area contributed by atoms with Crippen LogP contribution in [-0.2, 0) is 6.42 Å². The van der Waals surface area contributed by atoms with Gasteiger partial charge in [-0.05, 0) is 38.3 Å². The fourth-order valence-corrected chi connectivity index (χ4v) is 4.47. The third kappa shape index (κ3) is 1.80. The molecule has 0 saturated carbocycles. The Morgan fingerprint density at radius 1 is 1.33 bits per heavy atom. The van der Waals surface area contributed by atoms with Crippen LogP contribution in [0.1, 0.15) is 43.6 Å². The zero-order chi connectivity index (χ0) is 14.4. The summed E-state index contributed by atoms with van der Waals surface area (Å²) >= 11 is 0. The van der Waals surface area contributed by atoms with Gasteiger partial charge in [0.2, 0.25) is 0 Å². The highest BCUT2D eigenvalue weighted by atomic mass is 16.3. The first kappa shape index (κ1) is 13.4. The van der Waals surface area contributed by atoms with Crippen molar-refractivity contribution in [1.29, 1.82) is 0 Å².